The van der Waals surface area contributed by atoms with Crippen LogP contribution in [0, 0.1) is 5.41 Å². The van der Waals surface area contributed by atoms with Crippen molar-refractivity contribution in [2.45, 2.75) is 31.1 Å². The van der Waals surface area contributed by atoms with Gasteiger partial charge in [-0.1, -0.05) is 48.0 Å². The first-order valence-corrected chi connectivity index (χ1v) is 12.0. The van der Waals surface area contributed by atoms with Gasteiger partial charge in [0.1, 0.15) is 12.0 Å². The first kappa shape index (κ1) is 29.3. The molecule has 2 aromatic rings. The molecule has 0 spiro atoms. The van der Waals surface area contributed by atoms with Crippen LogP contribution in [0.3, 0.4) is 0 Å². The van der Waals surface area contributed by atoms with Crippen molar-refractivity contribution in [1.82, 2.24) is 0 Å². The van der Waals surface area contributed by atoms with Crippen molar-refractivity contribution in [3.63, 3.8) is 0 Å². The Balaban J connectivity index is 2.34. The van der Waals surface area contributed by atoms with E-state index >= 15 is 4.39 Å². The van der Waals surface area contributed by atoms with E-state index in [4.69, 9.17) is 28.6 Å². The van der Waals surface area contributed by atoms with Crippen LogP contribution in [-0.2, 0) is 0 Å². The van der Waals surface area contributed by atoms with E-state index in [-0.39, 0.29) is 44.5 Å². The van der Waals surface area contributed by atoms with E-state index in [1.54, 1.807) is 0 Å². The highest BCUT2D eigenvalue weighted by Crippen LogP contribution is 2.36. The third-order valence-corrected chi connectivity index (χ3v) is 6.61. The van der Waals surface area contributed by atoms with E-state index in [1.807, 2.05) is 0 Å². The number of hydrogen-bond acceptors (Lipinski definition) is 2. The van der Waals surface area contributed by atoms with Crippen LogP contribution in [0.4, 0.5) is 30.7 Å². The molecular formula is C24H20Cl2F7NS. The lowest BCUT2D eigenvalue weighted by Crippen LogP contribution is -2.11. The summed E-state index contributed by atoms with van der Waals surface area (Å²) >= 11 is 12.5. The second kappa shape index (κ2) is 12.8. The van der Waals surface area contributed by atoms with Gasteiger partial charge in [-0.15, -0.1) is 0 Å². The van der Waals surface area contributed by atoms with Gasteiger partial charge in [0, 0.05) is 17.3 Å². The second-order valence-corrected chi connectivity index (χ2v) is 9.31. The van der Waals surface area contributed by atoms with Gasteiger partial charge in [0.25, 0.3) is 0 Å². The van der Waals surface area contributed by atoms with Gasteiger partial charge in [-0.25, -0.2) is 17.6 Å². The van der Waals surface area contributed by atoms with Gasteiger partial charge in [-0.2, -0.15) is 24.9 Å². The summed E-state index contributed by atoms with van der Waals surface area (Å²) in [5.41, 5.74) is 0.158. The molecule has 190 valence electrons. The fraction of sp³-hybridized carbons (Fsp3) is 0.292. The highest BCUT2D eigenvalue weighted by Gasteiger charge is 2.27. The van der Waals surface area contributed by atoms with Crippen LogP contribution in [0.25, 0.3) is 11.9 Å². The molecule has 35 heavy (non-hydrogen) atoms. The normalized spacial score (nSPS) is 14.2. The molecule has 0 fully saturated rings. The van der Waals surface area contributed by atoms with E-state index in [0.717, 1.165) is 24.4 Å². The maximum absolute atomic E-state index is 15.0. The highest BCUT2D eigenvalue weighted by molar-refractivity contribution is 7.99. The predicted octanol–water partition coefficient (Wildman–Crippen LogP) is 9.69. The van der Waals surface area contributed by atoms with Crippen molar-refractivity contribution >= 4 is 53.1 Å². The van der Waals surface area contributed by atoms with E-state index in [2.05, 4.69) is 6.58 Å². The molecule has 0 aromatic heterocycles. The molecular weight excluding hydrogens is 538 g/mol. The first-order chi connectivity index (χ1) is 16.4. The van der Waals surface area contributed by atoms with Crippen LogP contribution in [0.1, 0.15) is 46.3 Å². The standard InChI is InChI=1S/C24H20Cl2F7NS/c1-2-13-3-4-14(7-16(13)21(27)5-6-35-12-24(31,32)33)22(28)10-17(23(29)30)15-8-19(25)18(11-34)20(26)9-15/h2-4,7-11,17,21,23,34H,1,5-6,12H2/b22-10-,34-11?. The molecule has 0 aliphatic heterocycles. The molecule has 1 N–H and O–H groups in total. The van der Waals surface area contributed by atoms with Gasteiger partial charge >= 0.3 is 6.18 Å². The van der Waals surface area contributed by atoms with Crippen LogP contribution < -0.4 is 0 Å². The number of thioether (sulfide) groups is 1. The fourth-order valence-corrected chi connectivity index (χ4v) is 4.58. The van der Waals surface area contributed by atoms with Gasteiger partial charge in [-0.05, 0) is 53.1 Å². The summed E-state index contributed by atoms with van der Waals surface area (Å²) in [6.07, 6.45) is -6.54. The third-order valence-electron chi connectivity index (χ3n) is 4.93. The Kier molecular flexibility index (Phi) is 10.7. The highest BCUT2D eigenvalue weighted by atomic mass is 35.5. The summed E-state index contributed by atoms with van der Waals surface area (Å²) in [6.45, 7) is 3.55. The SMILES string of the molecule is C=Cc1ccc(/C(F)=C/C(c2cc(Cl)c(C=N)c(Cl)c2)C(F)F)cc1C(F)CCSCC(F)(F)F. The van der Waals surface area contributed by atoms with E-state index < -0.39 is 36.3 Å². The molecule has 2 rings (SSSR count). The number of benzene rings is 2. The molecule has 0 aliphatic carbocycles. The van der Waals surface area contributed by atoms with Crippen molar-refractivity contribution in [1.29, 1.82) is 5.41 Å². The molecule has 0 amide bonds. The van der Waals surface area contributed by atoms with E-state index in [1.165, 1.54) is 18.2 Å². The Bertz CT molecular complexity index is 1060. The summed E-state index contributed by atoms with van der Waals surface area (Å²) in [7, 11) is 0. The molecule has 0 radical (unpaired) electrons. The van der Waals surface area contributed by atoms with Gasteiger partial charge in [0.05, 0.1) is 21.7 Å². The van der Waals surface area contributed by atoms with Crippen molar-refractivity contribution in [3.8, 4) is 0 Å². The third kappa shape index (κ3) is 8.29. The smallest absolute Gasteiger partial charge is 0.308 e. The monoisotopic (exact) mass is 557 g/mol. The molecule has 2 unspecified atom stereocenters. The average molecular weight is 558 g/mol. The van der Waals surface area contributed by atoms with Crippen LogP contribution in [-0.4, -0.2) is 30.3 Å². The second-order valence-electron chi connectivity index (χ2n) is 7.39. The summed E-state index contributed by atoms with van der Waals surface area (Å²) in [5.74, 6) is -4.04. The van der Waals surface area contributed by atoms with Gasteiger partial charge < -0.3 is 5.41 Å². The van der Waals surface area contributed by atoms with Gasteiger partial charge in [-0.3, -0.25) is 0 Å². The molecule has 1 nitrogen and oxygen atoms in total. The van der Waals surface area contributed by atoms with Crippen molar-refractivity contribution < 1.29 is 30.7 Å². The van der Waals surface area contributed by atoms with Crippen molar-refractivity contribution in [3.05, 3.63) is 80.8 Å². The topological polar surface area (TPSA) is 23.9 Å². The molecule has 0 saturated heterocycles. The van der Waals surface area contributed by atoms with Crippen LogP contribution >= 0.6 is 35.0 Å². The van der Waals surface area contributed by atoms with Crippen molar-refractivity contribution in [2.24, 2.45) is 0 Å². The Hall–Kier alpha value is -1.97. The largest absolute Gasteiger partial charge is 0.397 e. The summed E-state index contributed by atoms with van der Waals surface area (Å²) in [5, 5.41) is 7.17. The molecule has 2 atom stereocenters. The quantitative estimate of drug-likeness (QED) is 0.166. The van der Waals surface area contributed by atoms with Crippen LogP contribution in [0.2, 0.25) is 10.0 Å². The zero-order valence-electron chi connectivity index (χ0n) is 18.0. The number of allylic oxidation sites excluding steroid dienone is 1. The molecule has 0 saturated carbocycles. The molecule has 11 heteroatoms. The van der Waals surface area contributed by atoms with E-state index in [9.17, 15) is 26.3 Å². The van der Waals surface area contributed by atoms with Crippen LogP contribution in [0.5, 0.6) is 0 Å². The minimum Gasteiger partial charge on any atom is -0.308 e. The van der Waals surface area contributed by atoms with Crippen molar-refractivity contribution in [2.75, 3.05) is 11.5 Å². The minimum absolute atomic E-state index is 0.0105. The lowest BCUT2D eigenvalue weighted by molar-refractivity contribution is -0.105. The lowest BCUT2D eigenvalue weighted by atomic mass is 9.94. The van der Waals surface area contributed by atoms with E-state index in [0.29, 0.717) is 23.4 Å². The number of hydrogen-bond donors (Lipinski definition) is 1. The lowest BCUT2D eigenvalue weighted by Gasteiger charge is -2.16. The number of rotatable bonds is 11. The predicted molar refractivity (Wildman–Crippen MR) is 131 cm³/mol. The Morgan fingerprint density at radius 2 is 1.71 bits per heavy atom. The molecule has 0 bridgehead atoms. The zero-order chi connectivity index (χ0) is 26.3. The molecule has 2 aromatic carbocycles. The maximum Gasteiger partial charge on any atom is 0.397 e. The number of alkyl halides is 6. The molecule has 0 aliphatic rings. The Morgan fingerprint density at radius 1 is 1.09 bits per heavy atom. The molecule has 0 heterocycles. The van der Waals surface area contributed by atoms with Gasteiger partial charge in [0.15, 0.2) is 0 Å². The summed E-state index contributed by atoms with van der Waals surface area (Å²) < 4.78 is 94.3. The fourth-order valence-electron chi connectivity index (χ4n) is 3.21. The first-order valence-electron chi connectivity index (χ1n) is 10.1. The van der Waals surface area contributed by atoms with Crippen LogP contribution in [0.15, 0.2) is 43.0 Å². The van der Waals surface area contributed by atoms with Gasteiger partial charge in [0.2, 0.25) is 6.43 Å². The summed E-state index contributed by atoms with van der Waals surface area (Å²) in [4.78, 5) is 0. The average Bonchev–Trinajstić information content (AvgIpc) is 2.78. The number of halogens is 9. The summed E-state index contributed by atoms with van der Waals surface area (Å²) in [6, 6.07) is 6.07. The Morgan fingerprint density at radius 3 is 2.23 bits per heavy atom. The number of nitrogens with one attached hydrogen (secondary N) is 1. The minimum atomic E-state index is -4.37. The zero-order valence-corrected chi connectivity index (χ0v) is 20.3. The Labute approximate surface area is 212 Å². The maximum atomic E-state index is 15.0.